The minimum absolute atomic E-state index is 0.196. The molecule has 2 saturated heterocycles. The Morgan fingerprint density at radius 1 is 1.12 bits per heavy atom. The van der Waals surface area contributed by atoms with Crippen LogP contribution in [0.5, 0.6) is 0 Å². The number of hydrogen-bond acceptors (Lipinski definition) is 6. The molecule has 0 amide bonds. The van der Waals surface area contributed by atoms with Gasteiger partial charge in [-0.2, -0.15) is 0 Å². The fraction of sp³-hybridized carbons (Fsp3) is 0.500. The second-order valence-electron chi connectivity index (χ2n) is 7.61. The fourth-order valence-electron chi connectivity index (χ4n) is 4.13. The number of benzene rings is 1. The van der Waals surface area contributed by atoms with Crippen LogP contribution >= 0.6 is 0 Å². The molecule has 0 saturated carbocycles. The number of rotatable bonds is 4. The zero-order valence-corrected chi connectivity index (χ0v) is 15.4. The van der Waals surface area contributed by atoms with Gasteiger partial charge in [0, 0.05) is 50.7 Å². The van der Waals surface area contributed by atoms with Crippen molar-refractivity contribution < 1.29 is 9.84 Å². The van der Waals surface area contributed by atoms with Crippen molar-refractivity contribution in [3.63, 3.8) is 0 Å². The van der Waals surface area contributed by atoms with Crippen molar-refractivity contribution in [3.05, 3.63) is 53.9 Å². The molecular formula is C20H26N4O2. The van der Waals surface area contributed by atoms with Crippen LogP contribution in [0.2, 0.25) is 0 Å². The van der Waals surface area contributed by atoms with E-state index in [9.17, 15) is 5.11 Å². The van der Waals surface area contributed by atoms with Crippen molar-refractivity contribution in [1.82, 2.24) is 14.9 Å². The van der Waals surface area contributed by atoms with Crippen LogP contribution in [0.3, 0.4) is 0 Å². The van der Waals surface area contributed by atoms with E-state index in [2.05, 4.69) is 39.1 Å². The lowest BCUT2D eigenvalue weighted by molar-refractivity contribution is -0.149. The van der Waals surface area contributed by atoms with E-state index in [0.29, 0.717) is 32.0 Å². The maximum absolute atomic E-state index is 11.4. The topological polar surface area (TPSA) is 61.7 Å². The van der Waals surface area contributed by atoms with Gasteiger partial charge in [0.15, 0.2) is 0 Å². The first-order valence-electron chi connectivity index (χ1n) is 9.15. The molecule has 2 bridgehead atoms. The molecule has 1 aromatic carbocycles. The Hall–Kier alpha value is -2.02. The summed E-state index contributed by atoms with van der Waals surface area (Å²) >= 11 is 0. The van der Waals surface area contributed by atoms with Crippen molar-refractivity contribution in [1.29, 1.82) is 0 Å². The fourth-order valence-corrected chi connectivity index (χ4v) is 4.13. The molecule has 2 fully saturated rings. The molecule has 138 valence electrons. The Morgan fingerprint density at radius 2 is 1.73 bits per heavy atom. The summed E-state index contributed by atoms with van der Waals surface area (Å²) in [6, 6.07) is 10.9. The van der Waals surface area contributed by atoms with Crippen molar-refractivity contribution >= 4 is 5.95 Å². The summed E-state index contributed by atoms with van der Waals surface area (Å²) in [7, 11) is 3.82. The lowest BCUT2D eigenvalue weighted by Gasteiger charge is -2.51. The summed E-state index contributed by atoms with van der Waals surface area (Å²) in [5, 5.41) is 11.4. The number of fused-ring (bicyclic) bond motifs is 2. The van der Waals surface area contributed by atoms with Crippen molar-refractivity contribution in [2.45, 2.75) is 37.1 Å². The third kappa shape index (κ3) is 3.32. The smallest absolute Gasteiger partial charge is 0.224 e. The number of hydrogen-bond donors (Lipinski definition) is 1. The highest BCUT2D eigenvalue weighted by molar-refractivity contribution is 5.29. The number of ether oxygens (including phenoxy) is 1. The minimum atomic E-state index is -0.892. The van der Waals surface area contributed by atoms with E-state index < -0.39 is 5.60 Å². The molecule has 1 aromatic heterocycles. The van der Waals surface area contributed by atoms with Crippen LogP contribution in [0.15, 0.2) is 42.7 Å². The Labute approximate surface area is 154 Å². The van der Waals surface area contributed by atoms with E-state index in [-0.39, 0.29) is 12.1 Å². The molecule has 4 rings (SSSR count). The van der Waals surface area contributed by atoms with E-state index in [4.69, 9.17) is 4.74 Å². The van der Waals surface area contributed by atoms with E-state index in [1.807, 2.05) is 25.1 Å². The predicted molar refractivity (Wildman–Crippen MR) is 99.9 cm³/mol. The first-order valence-corrected chi connectivity index (χ1v) is 9.15. The second-order valence-corrected chi connectivity index (χ2v) is 7.61. The van der Waals surface area contributed by atoms with Gasteiger partial charge in [-0.1, -0.05) is 30.3 Å². The van der Waals surface area contributed by atoms with Crippen LogP contribution in [-0.2, 0) is 16.9 Å². The highest BCUT2D eigenvalue weighted by Gasteiger charge is 2.47. The Bertz CT molecular complexity index is 721. The minimum Gasteiger partial charge on any atom is -0.385 e. The number of anilines is 1. The van der Waals surface area contributed by atoms with Crippen LogP contribution in [0.1, 0.15) is 24.0 Å². The number of nitrogens with zero attached hydrogens (tertiary/aromatic N) is 4. The van der Waals surface area contributed by atoms with Crippen LogP contribution in [0.25, 0.3) is 0 Å². The molecule has 1 N–H and O–H groups in total. The Kier molecular flexibility index (Phi) is 4.65. The molecule has 2 unspecified atom stereocenters. The van der Waals surface area contributed by atoms with Crippen LogP contribution in [0, 0.1) is 0 Å². The average Bonchev–Trinajstić information content (AvgIpc) is 2.64. The van der Waals surface area contributed by atoms with Gasteiger partial charge in [0.05, 0.1) is 18.8 Å². The molecule has 3 heterocycles. The van der Waals surface area contributed by atoms with Crippen molar-refractivity contribution in [3.8, 4) is 0 Å². The lowest BCUT2D eigenvalue weighted by atomic mass is 9.77. The molecule has 2 aliphatic rings. The summed E-state index contributed by atoms with van der Waals surface area (Å²) in [6.45, 7) is 2.20. The summed E-state index contributed by atoms with van der Waals surface area (Å²) in [4.78, 5) is 13.1. The quantitative estimate of drug-likeness (QED) is 0.903. The monoisotopic (exact) mass is 354 g/mol. The average molecular weight is 354 g/mol. The molecule has 0 radical (unpaired) electrons. The first kappa shape index (κ1) is 17.4. The second kappa shape index (κ2) is 6.95. The predicted octanol–water partition coefficient (Wildman–Crippen LogP) is 1.79. The third-order valence-electron chi connectivity index (χ3n) is 5.49. The van der Waals surface area contributed by atoms with Gasteiger partial charge in [-0.25, -0.2) is 9.97 Å². The van der Waals surface area contributed by atoms with Gasteiger partial charge in [-0.05, 0) is 18.4 Å². The highest BCUT2D eigenvalue weighted by Crippen LogP contribution is 2.41. The van der Waals surface area contributed by atoms with Crippen LogP contribution in [0.4, 0.5) is 5.95 Å². The third-order valence-corrected chi connectivity index (χ3v) is 5.49. The molecule has 0 spiro atoms. The summed E-state index contributed by atoms with van der Waals surface area (Å²) in [5.41, 5.74) is 1.21. The van der Waals surface area contributed by atoms with E-state index >= 15 is 0 Å². The van der Waals surface area contributed by atoms with Crippen LogP contribution in [-0.4, -0.2) is 59.4 Å². The van der Waals surface area contributed by atoms with Gasteiger partial charge in [0.1, 0.15) is 0 Å². The van der Waals surface area contributed by atoms with Crippen molar-refractivity contribution in [2.75, 3.05) is 32.2 Å². The molecular weight excluding hydrogens is 328 g/mol. The molecule has 0 aliphatic carbocycles. The SMILES string of the molecule is CN(C)c1ncc(C2(O)CC3COCC(C2)N3Cc2ccccc2)cn1. The molecule has 2 aliphatic heterocycles. The molecule has 2 aromatic rings. The molecule has 6 heteroatoms. The lowest BCUT2D eigenvalue weighted by Crippen LogP contribution is -2.60. The highest BCUT2D eigenvalue weighted by atomic mass is 16.5. The Balaban J connectivity index is 1.55. The Morgan fingerprint density at radius 3 is 2.31 bits per heavy atom. The summed E-state index contributed by atoms with van der Waals surface area (Å²) < 4.78 is 5.79. The zero-order chi connectivity index (χ0) is 18.1. The first-order chi connectivity index (χ1) is 12.5. The standard InChI is InChI=1S/C20H26N4O2/c1-23(2)19-21-10-16(11-22-19)20(25)8-17-13-26-14-18(9-20)24(17)12-15-6-4-3-5-7-15/h3-7,10-11,17-18,25H,8-9,12-14H2,1-2H3. The van der Waals surface area contributed by atoms with Gasteiger partial charge in [-0.15, -0.1) is 0 Å². The maximum atomic E-state index is 11.4. The van der Waals surface area contributed by atoms with Gasteiger partial charge in [0.2, 0.25) is 5.95 Å². The maximum Gasteiger partial charge on any atom is 0.224 e. The zero-order valence-electron chi connectivity index (χ0n) is 15.4. The largest absolute Gasteiger partial charge is 0.385 e. The molecule has 6 nitrogen and oxygen atoms in total. The van der Waals surface area contributed by atoms with Gasteiger partial charge < -0.3 is 14.7 Å². The summed E-state index contributed by atoms with van der Waals surface area (Å²) in [5.74, 6) is 0.655. The van der Waals surface area contributed by atoms with Gasteiger partial charge in [-0.3, -0.25) is 4.90 Å². The molecule has 2 atom stereocenters. The number of piperidine rings is 1. The summed E-state index contributed by atoms with van der Waals surface area (Å²) in [6.07, 6.45) is 4.82. The van der Waals surface area contributed by atoms with E-state index in [0.717, 1.165) is 12.1 Å². The number of aliphatic hydroxyl groups is 1. The number of aromatic nitrogens is 2. The van der Waals surface area contributed by atoms with Crippen LogP contribution < -0.4 is 4.90 Å². The van der Waals surface area contributed by atoms with Gasteiger partial charge in [0.25, 0.3) is 0 Å². The van der Waals surface area contributed by atoms with Crippen molar-refractivity contribution in [2.24, 2.45) is 0 Å². The van der Waals surface area contributed by atoms with E-state index in [1.165, 1.54) is 5.56 Å². The van der Waals surface area contributed by atoms with E-state index in [1.54, 1.807) is 12.4 Å². The number of morpholine rings is 1. The normalized spacial score (nSPS) is 28.7. The van der Waals surface area contributed by atoms with Gasteiger partial charge >= 0.3 is 0 Å². The molecule has 26 heavy (non-hydrogen) atoms.